The van der Waals surface area contributed by atoms with Crippen LogP contribution in [-0.2, 0) is 4.57 Å². The number of rotatable bonds is 5. The molecule has 0 saturated carbocycles. The lowest BCUT2D eigenvalue weighted by Crippen LogP contribution is -2.21. The molecule has 0 aliphatic carbocycles. The number of hydrogen-bond acceptors (Lipinski definition) is 3. The Morgan fingerprint density at radius 2 is 2.12 bits per heavy atom. The van der Waals surface area contributed by atoms with Gasteiger partial charge < -0.3 is 9.42 Å². The molecule has 17 heavy (non-hydrogen) atoms. The third-order valence-corrected chi connectivity index (χ3v) is 4.03. The molecule has 1 atom stereocenters. The maximum absolute atomic E-state index is 11.8. The third kappa shape index (κ3) is 4.72. The molecule has 1 rings (SSSR count). The number of thioether (sulfide) groups is 1. The molecule has 1 aromatic rings. The molecule has 4 nitrogen and oxygen atoms in total. The number of nitrogens with one attached hydrogen (secondary N) is 1. The van der Waals surface area contributed by atoms with Gasteiger partial charge in [-0.25, -0.2) is 9.65 Å². The largest absolute Gasteiger partial charge is 0.456 e. The van der Waals surface area contributed by atoms with Crippen molar-refractivity contribution in [1.29, 1.82) is 0 Å². The van der Waals surface area contributed by atoms with Gasteiger partial charge in [0.2, 0.25) is 0 Å². The van der Waals surface area contributed by atoms with Crippen molar-refractivity contribution in [3.05, 3.63) is 23.8 Å². The second kappa shape index (κ2) is 5.91. The van der Waals surface area contributed by atoms with E-state index in [1.54, 1.807) is 19.9 Å². The molecule has 0 heterocycles. The van der Waals surface area contributed by atoms with Gasteiger partial charge in [-0.05, 0) is 44.7 Å². The van der Waals surface area contributed by atoms with Gasteiger partial charge in [0.05, 0.1) is 0 Å². The van der Waals surface area contributed by atoms with E-state index in [4.69, 9.17) is 4.52 Å². The van der Waals surface area contributed by atoms with Crippen LogP contribution < -0.4 is 9.61 Å². The summed E-state index contributed by atoms with van der Waals surface area (Å²) < 4.78 is 17.0. The van der Waals surface area contributed by atoms with Crippen LogP contribution in [0, 0.1) is 6.92 Å². The van der Waals surface area contributed by atoms with Gasteiger partial charge in [-0.3, -0.25) is 0 Å². The molecule has 0 radical (unpaired) electrons. The summed E-state index contributed by atoms with van der Waals surface area (Å²) in [5, 5.41) is 2.52. The summed E-state index contributed by atoms with van der Waals surface area (Å²) in [7, 11) is -3.79. The van der Waals surface area contributed by atoms with Crippen LogP contribution in [0.25, 0.3) is 0 Å². The van der Waals surface area contributed by atoms with Crippen LogP contribution >= 0.6 is 19.5 Å². The normalized spacial score (nSPS) is 14.7. The molecule has 0 fully saturated rings. The lowest BCUT2D eigenvalue weighted by molar-refractivity contribution is 0.355. The highest BCUT2D eigenvalue weighted by molar-refractivity contribution is 7.98. The fourth-order valence-electron chi connectivity index (χ4n) is 1.34. The first-order valence-corrected chi connectivity index (χ1v) is 8.09. The Hall–Kier alpha value is -0.480. The minimum Gasteiger partial charge on any atom is -0.412 e. The van der Waals surface area contributed by atoms with Gasteiger partial charge >= 0.3 is 7.75 Å². The Morgan fingerprint density at radius 3 is 2.65 bits per heavy atom. The quantitative estimate of drug-likeness (QED) is 0.638. The summed E-state index contributed by atoms with van der Waals surface area (Å²) in [5.41, 5.74) is 0.988. The number of benzene rings is 1. The lowest BCUT2D eigenvalue weighted by atomic mass is 10.2. The fourth-order valence-corrected chi connectivity index (χ4v) is 3.03. The summed E-state index contributed by atoms with van der Waals surface area (Å²) >= 11 is 1.48. The van der Waals surface area contributed by atoms with Crippen molar-refractivity contribution < 1.29 is 14.0 Å². The van der Waals surface area contributed by atoms with E-state index in [1.165, 1.54) is 11.8 Å². The Bertz CT molecular complexity index is 437. The van der Waals surface area contributed by atoms with Crippen molar-refractivity contribution in [3.63, 3.8) is 0 Å². The third-order valence-electron chi connectivity index (χ3n) is 1.96. The van der Waals surface area contributed by atoms with E-state index in [2.05, 4.69) is 5.09 Å². The van der Waals surface area contributed by atoms with E-state index in [0.29, 0.717) is 5.75 Å². The van der Waals surface area contributed by atoms with Gasteiger partial charge in [-0.2, -0.15) is 0 Å². The van der Waals surface area contributed by atoms with Crippen molar-refractivity contribution in [2.24, 2.45) is 0 Å². The first-order valence-electron chi connectivity index (χ1n) is 5.29. The molecule has 1 aromatic carbocycles. The van der Waals surface area contributed by atoms with E-state index in [1.807, 2.05) is 25.3 Å². The molecule has 96 valence electrons. The minimum absolute atomic E-state index is 0.117. The Balaban J connectivity index is 2.93. The van der Waals surface area contributed by atoms with Crippen LogP contribution in [0.4, 0.5) is 0 Å². The average Bonchev–Trinajstić information content (AvgIpc) is 2.14. The molecule has 0 aliphatic heterocycles. The predicted octanol–water partition coefficient (Wildman–Crippen LogP) is 3.19. The predicted molar refractivity (Wildman–Crippen MR) is 71.7 cm³/mol. The van der Waals surface area contributed by atoms with Crippen LogP contribution in [0.1, 0.15) is 19.4 Å². The molecule has 1 unspecified atom stereocenters. The standard InChI is InChI=1S/C11H18NO3PS/c1-8(2)12-16(13,14)15-10-7-9(3)5-6-11(10)17-4/h5-8H,1-4H3,(H2,12,13,14). The summed E-state index contributed by atoms with van der Waals surface area (Å²) in [5.74, 6) is 0.441. The molecule has 2 N–H and O–H groups in total. The monoisotopic (exact) mass is 275 g/mol. The van der Waals surface area contributed by atoms with Crippen molar-refractivity contribution in [2.45, 2.75) is 31.7 Å². The molecule has 6 heteroatoms. The zero-order valence-electron chi connectivity index (χ0n) is 10.4. The van der Waals surface area contributed by atoms with E-state index in [0.717, 1.165) is 10.5 Å². The number of aryl methyl sites for hydroxylation is 1. The molecular formula is C11H18NO3PS. The van der Waals surface area contributed by atoms with Gasteiger partial charge in [-0.15, -0.1) is 11.8 Å². The summed E-state index contributed by atoms with van der Waals surface area (Å²) in [6, 6.07) is 5.46. The van der Waals surface area contributed by atoms with Crippen LogP contribution in [0.2, 0.25) is 0 Å². The first kappa shape index (κ1) is 14.6. The minimum atomic E-state index is -3.79. The van der Waals surface area contributed by atoms with E-state index >= 15 is 0 Å². The van der Waals surface area contributed by atoms with Crippen molar-refractivity contribution in [2.75, 3.05) is 6.26 Å². The van der Waals surface area contributed by atoms with Crippen LogP contribution in [0.15, 0.2) is 23.1 Å². The van der Waals surface area contributed by atoms with Gasteiger partial charge in [0.1, 0.15) is 5.75 Å². The molecule has 0 spiro atoms. The topological polar surface area (TPSA) is 58.6 Å². The molecule has 0 bridgehead atoms. The van der Waals surface area contributed by atoms with Crippen LogP contribution in [0.5, 0.6) is 5.75 Å². The summed E-state index contributed by atoms with van der Waals surface area (Å²) in [6.45, 7) is 5.49. The zero-order chi connectivity index (χ0) is 13.1. The molecule has 0 aromatic heterocycles. The van der Waals surface area contributed by atoms with E-state index < -0.39 is 7.75 Å². The van der Waals surface area contributed by atoms with Crippen molar-refractivity contribution in [1.82, 2.24) is 5.09 Å². The van der Waals surface area contributed by atoms with Crippen LogP contribution in [0.3, 0.4) is 0 Å². The maximum atomic E-state index is 11.8. The Labute approximate surface area is 106 Å². The maximum Gasteiger partial charge on any atom is 0.456 e. The van der Waals surface area contributed by atoms with Crippen molar-refractivity contribution >= 4 is 19.5 Å². The van der Waals surface area contributed by atoms with Gasteiger partial charge in [0.15, 0.2) is 0 Å². The number of hydrogen-bond donors (Lipinski definition) is 2. The van der Waals surface area contributed by atoms with Gasteiger partial charge in [-0.1, -0.05) is 6.07 Å². The van der Waals surface area contributed by atoms with Gasteiger partial charge in [0, 0.05) is 10.9 Å². The Kier molecular flexibility index (Phi) is 5.07. The van der Waals surface area contributed by atoms with Crippen LogP contribution in [-0.4, -0.2) is 17.2 Å². The molecular weight excluding hydrogens is 257 g/mol. The van der Waals surface area contributed by atoms with E-state index in [9.17, 15) is 9.46 Å². The molecule has 0 amide bonds. The van der Waals surface area contributed by atoms with Crippen molar-refractivity contribution in [3.8, 4) is 5.75 Å². The van der Waals surface area contributed by atoms with E-state index in [-0.39, 0.29) is 6.04 Å². The Morgan fingerprint density at radius 1 is 1.47 bits per heavy atom. The SMILES string of the molecule is CSc1ccc(C)cc1OP(=O)(O)NC(C)C. The molecule has 0 saturated heterocycles. The highest BCUT2D eigenvalue weighted by Crippen LogP contribution is 2.42. The average molecular weight is 275 g/mol. The smallest absolute Gasteiger partial charge is 0.412 e. The summed E-state index contributed by atoms with van der Waals surface area (Å²) in [6.07, 6.45) is 1.90. The highest BCUT2D eigenvalue weighted by atomic mass is 32.2. The molecule has 0 aliphatic rings. The second-order valence-electron chi connectivity index (χ2n) is 4.05. The zero-order valence-corrected chi connectivity index (χ0v) is 12.1. The fraction of sp³-hybridized carbons (Fsp3) is 0.455. The highest BCUT2D eigenvalue weighted by Gasteiger charge is 2.23. The first-order chi connectivity index (χ1) is 7.84. The summed E-state index contributed by atoms with van der Waals surface area (Å²) in [4.78, 5) is 10.5. The lowest BCUT2D eigenvalue weighted by Gasteiger charge is -2.18. The van der Waals surface area contributed by atoms with Gasteiger partial charge in [0.25, 0.3) is 0 Å². The second-order valence-corrected chi connectivity index (χ2v) is 6.38.